The molecule has 0 heterocycles. The van der Waals surface area contributed by atoms with Gasteiger partial charge in [0.2, 0.25) is 5.91 Å². The van der Waals surface area contributed by atoms with E-state index in [9.17, 15) is 19.5 Å². The lowest BCUT2D eigenvalue weighted by molar-refractivity contribution is -0.144. The summed E-state index contributed by atoms with van der Waals surface area (Å²) in [5, 5.41) is 14.8. The number of carbonyl (C=O) groups is 3. The Hall–Kier alpha value is -3.35. The molecular formula is C26H30N2O5. The molecule has 2 aromatic carbocycles. The molecule has 4 rings (SSSR count). The summed E-state index contributed by atoms with van der Waals surface area (Å²) in [5.74, 6) is -2.03. The van der Waals surface area contributed by atoms with Crippen molar-refractivity contribution >= 4 is 18.0 Å². The second kappa shape index (κ2) is 8.89. The van der Waals surface area contributed by atoms with Gasteiger partial charge in [-0.15, -0.1) is 0 Å². The van der Waals surface area contributed by atoms with Gasteiger partial charge in [-0.1, -0.05) is 62.4 Å². The number of rotatable bonds is 8. The zero-order chi connectivity index (χ0) is 23.8. The Labute approximate surface area is 193 Å². The van der Waals surface area contributed by atoms with Gasteiger partial charge in [-0.25, -0.2) is 9.59 Å². The van der Waals surface area contributed by atoms with Gasteiger partial charge in [-0.3, -0.25) is 4.79 Å². The summed E-state index contributed by atoms with van der Waals surface area (Å²) in [6, 6.07) is 15.1. The van der Waals surface area contributed by atoms with Crippen molar-refractivity contribution in [3.63, 3.8) is 0 Å². The molecule has 2 aromatic rings. The number of benzene rings is 2. The number of carbonyl (C=O) groups excluding carboxylic acids is 2. The minimum absolute atomic E-state index is 0.0559. The Morgan fingerprint density at radius 2 is 1.58 bits per heavy atom. The first-order chi connectivity index (χ1) is 15.7. The second-order valence-corrected chi connectivity index (χ2v) is 9.46. The van der Waals surface area contributed by atoms with Gasteiger partial charge >= 0.3 is 12.1 Å². The van der Waals surface area contributed by atoms with Crippen molar-refractivity contribution in [1.82, 2.24) is 10.6 Å². The number of carboxylic acids is 1. The van der Waals surface area contributed by atoms with Gasteiger partial charge in [0.25, 0.3) is 0 Å². The van der Waals surface area contributed by atoms with E-state index in [-0.39, 0.29) is 24.4 Å². The standard InChI is InChI=1S/C26H30N2O5/c1-15(2)22(23(29)30)27-24(31)26(3,16-12-13-16)28-25(32)33-14-21-19-10-6-4-8-17(19)18-9-5-7-11-20(18)21/h4-11,15-16,21-22H,12-14H2,1-3H3,(H,27,31)(H,28,32)(H,29,30)/t22-,26?/m0/s1. The van der Waals surface area contributed by atoms with Crippen LogP contribution in [0.3, 0.4) is 0 Å². The van der Waals surface area contributed by atoms with Crippen LogP contribution >= 0.6 is 0 Å². The van der Waals surface area contributed by atoms with E-state index in [1.165, 1.54) is 0 Å². The topological polar surface area (TPSA) is 105 Å². The van der Waals surface area contributed by atoms with Crippen molar-refractivity contribution in [2.24, 2.45) is 11.8 Å². The van der Waals surface area contributed by atoms with Gasteiger partial charge in [0.1, 0.15) is 18.2 Å². The van der Waals surface area contributed by atoms with Gasteiger partial charge in [0, 0.05) is 5.92 Å². The van der Waals surface area contributed by atoms with Crippen molar-refractivity contribution in [3.05, 3.63) is 59.7 Å². The lowest BCUT2D eigenvalue weighted by Gasteiger charge is -2.31. The number of nitrogens with one attached hydrogen (secondary N) is 2. The number of carboxylic acid groups (broad SMARTS) is 1. The lowest BCUT2D eigenvalue weighted by atomic mass is 9.93. The van der Waals surface area contributed by atoms with E-state index in [0.717, 1.165) is 35.1 Å². The fraction of sp³-hybridized carbons (Fsp3) is 0.423. The Balaban J connectivity index is 1.45. The van der Waals surface area contributed by atoms with E-state index in [1.807, 2.05) is 36.4 Å². The molecule has 2 amide bonds. The number of fused-ring (bicyclic) bond motifs is 3. The predicted molar refractivity (Wildman–Crippen MR) is 124 cm³/mol. The molecule has 1 fully saturated rings. The molecule has 2 atom stereocenters. The van der Waals surface area contributed by atoms with E-state index >= 15 is 0 Å². The smallest absolute Gasteiger partial charge is 0.408 e. The van der Waals surface area contributed by atoms with Crippen molar-refractivity contribution in [1.29, 1.82) is 0 Å². The van der Waals surface area contributed by atoms with Crippen LogP contribution in [0.5, 0.6) is 0 Å². The zero-order valence-electron chi connectivity index (χ0n) is 19.1. The normalized spacial score (nSPS) is 17.5. The Morgan fingerprint density at radius 3 is 2.06 bits per heavy atom. The van der Waals surface area contributed by atoms with Crippen LogP contribution < -0.4 is 10.6 Å². The number of alkyl carbamates (subject to hydrolysis) is 1. The molecule has 174 valence electrons. The maximum atomic E-state index is 13.0. The van der Waals surface area contributed by atoms with Crippen LogP contribution in [0, 0.1) is 11.8 Å². The molecule has 3 N–H and O–H groups in total. The molecule has 7 nitrogen and oxygen atoms in total. The molecule has 0 bridgehead atoms. The van der Waals surface area contributed by atoms with Gasteiger partial charge in [-0.2, -0.15) is 0 Å². The van der Waals surface area contributed by atoms with Gasteiger partial charge in [-0.05, 0) is 53.9 Å². The quantitative estimate of drug-likeness (QED) is 0.565. The largest absolute Gasteiger partial charge is 0.480 e. The van der Waals surface area contributed by atoms with Crippen molar-refractivity contribution in [2.75, 3.05) is 6.61 Å². The van der Waals surface area contributed by atoms with Gasteiger partial charge in [0.15, 0.2) is 0 Å². The minimum atomic E-state index is -1.23. The average Bonchev–Trinajstić information content (AvgIpc) is 3.59. The number of hydrogen-bond donors (Lipinski definition) is 3. The molecule has 1 unspecified atom stereocenters. The first-order valence-corrected chi connectivity index (χ1v) is 11.4. The van der Waals surface area contributed by atoms with E-state index in [0.29, 0.717) is 0 Å². The molecule has 0 radical (unpaired) electrons. The van der Waals surface area contributed by atoms with Crippen molar-refractivity contribution in [2.45, 2.75) is 51.1 Å². The summed E-state index contributed by atoms with van der Waals surface area (Å²) in [7, 11) is 0. The van der Waals surface area contributed by atoms with Gasteiger partial charge in [0.05, 0.1) is 0 Å². The number of hydrogen-bond acceptors (Lipinski definition) is 4. The summed E-state index contributed by atoms with van der Waals surface area (Å²) in [5.41, 5.74) is 3.26. The Kier molecular flexibility index (Phi) is 6.15. The number of ether oxygens (including phenoxy) is 1. The summed E-state index contributed by atoms with van der Waals surface area (Å²) >= 11 is 0. The third kappa shape index (κ3) is 4.45. The summed E-state index contributed by atoms with van der Waals surface area (Å²) in [6.45, 7) is 5.24. The molecule has 0 aromatic heterocycles. The molecule has 7 heteroatoms. The number of amides is 2. The highest BCUT2D eigenvalue weighted by atomic mass is 16.5. The maximum absolute atomic E-state index is 13.0. The molecule has 2 aliphatic rings. The van der Waals surface area contributed by atoms with E-state index in [4.69, 9.17) is 4.74 Å². The van der Waals surface area contributed by atoms with Crippen LogP contribution in [0.25, 0.3) is 11.1 Å². The predicted octanol–water partition coefficient (Wildman–Crippen LogP) is 3.92. The first-order valence-electron chi connectivity index (χ1n) is 11.4. The van der Waals surface area contributed by atoms with Crippen LogP contribution in [-0.2, 0) is 14.3 Å². The highest BCUT2D eigenvalue weighted by Gasteiger charge is 2.49. The van der Waals surface area contributed by atoms with Crippen LogP contribution in [0.4, 0.5) is 4.79 Å². The highest BCUT2D eigenvalue weighted by molar-refractivity contribution is 5.93. The molecule has 2 aliphatic carbocycles. The number of aliphatic carboxylic acids is 1. The third-order valence-corrected chi connectivity index (χ3v) is 6.79. The molecule has 1 saturated carbocycles. The fourth-order valence-electron chi connectivity index (χ4n) is 4.66. The first kappa shape index (κ1) is 22.8. The van der Waals surface area contributed by atoms with Crippen molar-refractivity contribution < 1.29 is 24.2 Å². The van der Waals surface area contributed by atoms with Crippen LogP contribution in [0.1, 0.15) is 50.7 Å². The van der Waals surface area contributed by atoms with E-state index in [2.05, 4.69) is 22.8 Å². The Morgan fingerprint density at radius 1 is 1.03 bits per heavy atom. The summed E-state index contributed by atoms with van der Waals surface area (Å²) in [4.78, 5) is 37.4. The SMILES string of the molecule is CC(C)[C@H](NC(=O)C(C)(NC(=O)OCC1c2ccccc2-c2ccccc21)C1CC1)C(=O)O. The maximum Gasteiger partial charge on any atom is 0.408 e. The van der Waals surface area contributed by atoms with Crippen LogP contribution in [0.15, 0.2) is 48.5 Å². The lowest BCUT2D eigenvalue weighted by Crippen LogP contribution is -2.61. The van der Waals surface area contributed by atoms with Crippen LogP contribution in [-0.4, -0.2) is 41.3 Å². The van der Waals surface area contributed by atoms with E-state index in [1.54, 1.807) is 20.8 Å². The molecule has 0 saturated heterocycles. The summed E-state index contributed by atoms with van der Waals surface area (Å²) in [6.07, 6.45) is 0.887. The molecule has 0 aliphatic heterocycles. The van der Waals surface area contributed by atoms with E-state index < -0.39 is 29.6 Å². The van der Waals surface area contributed by atoms with Gasteiger partial charge < -0.3 is 20.5 Å². The highest BCUT2D eigenvalue weighted by Crippen LogP contribution is 2.44. The minimum Gasteiger partial charge on any atom is -0.480 e. The molecular weight excluding hydrogens is 420 g/mol. The Bertz CT molecular complexity index is 1030. The third-order valence-electron chi connectivity index (χ3n) is 6.79. The fourth-order valence-corrected chi connectivity index (χ4v) is 4.66. The zero-order valence-corrected chi connectivity index (χ0v) is 19.1. The molecule has 33 heavy (non-hydrogen) atoms. The second-order valence-electron chi connectivity index (χ2n) is 9.46. The average molecular weight is 451 g/mol. The van der Waals surface area contributed by atoms with Crippen LogP contribution in [0.2, 0.25) is 0 Å². The monoisotopic (exact) mass is 450 g/mol. The molecule has 0 spiro atoms. The van der Waals surface area contributed by atoms with Crippen molar-refractivity contribution in [3.8, 4) is 11.1 Å². The summed E-state index contributed by atoms with van der Waals surface area (Å²) < 4.78 is 5.62.